The number of rotatable bonds is 3. The summed E-state index contributed by atoms with van der Waals surface area (Å²) in [6.45, 7) is 5.58. The van der Waals surface area contributed by atoms with Crippen molar-refractivity contribution < 1.29 is 5.11 Å². The lowest BCUT2D eigenvalue weighted by Gasteiger charge is -2.57. The molecule has 2 heterocycles. The van der Waals surface area contributed by atoms with Crippen LogP contribution in [0.2, 0.25) is 5.02 Å². The molecule has 0 bridgehead atoms. The van der Waals surface area contributed by atoms with Crippen molar-refractivity contribution in [3.8, 4) is 0 Å². The molecule has 5 nitrogen and oxygen atoms in total. The van der Waals surface area contributed by atoms with Crippen LogP contribution >= 0.6 is 11.6 Å². The highest BCUT2D eigenvalue weighted by Gasteiger charge is 2.58. The quantitative estimate of drug-likeness (QED) is 0.894. The summed E-state index contributed by atoms with van der Waals surface area (Å²) < 4.78 is 0. The SMILES string of the molecule is CC(C)C1N(C)CC12C[C@@H](O)[C@H](Nc1ncc(Cl)cn1)C2. The Labute approximate surface area is 130 Å². The van der Waals surface area contributed by atoms with Crippen molar-refractivity contribution in [2.75, 3.05) is 18.9 Å². The second kappa shape index (κ2) is 5.38. The van der Waals surface area contributed by atoms with E-state index in [0.29, 0.717) is 22.9 Å². The van der Waals surface area contributed by atoms with Crippen LogP contribution in [-0.2, 0) is 0 Å². The van der Waals surface area contributed by atoms with Gasteiger partial charge in [-0.25, -0.2) is 9.97 Å². The molecule has 1 aliphatic heterocycles. The third-order valence-corrected chi connectivity index (χ3v) is 5.13. The zero-order valence-corrected chi connectivity index (χ0v) is 13.5. The van der Waals surface area contributed by atoms with Crippen LogP contribution in [-0.4, -0.2) is 51.8 Å². The average molecular weight is 311 g/mol. The molecule has 0 amide bonds. The smallest absolute Gasteiger partial charge is 0.222 e. The van der Waals surface area contributed by atoms with E-state index in [1.165, 1.54) is 0 Å². The summed E-state index contributed by atoms with van der Waals surface area (Å²) in [6, 6.07) is 0.561. The predicted octanol–water partition coefficient (Wildman–Crippen LogP) is 2.02. The first-order valence-electron chi connectivity index (χ1n) is 7.54. The standard InChI is InChI=1S/C15H23ClN4O/c1-9(2)13-15(8-20(13)3)4-11(12(21)5-15)19-14-17-6-10(16)7-18-14/h6-7,9,11-13,21H,4-5,8H2,1-3H3,(H,17,18,19)/t11-,12-,13?,15?/m1/s1. The van der Waals surface area contributed by atoms with Crippen molar-refractivity contribution in [2.24, 2.45) is 11.3 Å². The van der Waals surface area contributed by atoms with Gasteiger partial charge in [-0.05, 0) is 25.8 Å². The number of nitrogens with zero attached hydrogens (tertiary/aromatic N) is 3. The highest BCUT2D eigenvalue weighted by molar-refractivity contribution is 6.30. The summed E-state index contributed by atoms with van der Waals surface area (Å²) in [5, 5.41) is 14.2. The van der Waals surface area contributed by atoms with Gasteiger partial charge in [0.2, 0.25) is 5.95 Å². The lowest BCUT2D eigenvalue weighted by molar-refractivity contribution is -0.0825. The van der Waals surface area contributed by atoms with Gasteiger partial charge in [-0.3, -0.25) is 0 Å². The fourth-order valence-electron chi connectivity index (χ4n) is 4.55. The fraction of sp³-hybridized carbons (Fsp3) is 0.733. The van der Waals surface area contributed by atoms with E-state index in [4.69, 9.17) is 11.6 Å². The molecule has 21 heavy (non-hydrogen) atoms. The largest absolute Gasteiger partial charge is 0.391 e. The normalized spacial score (nSPS) is 36.2. The van der Waals surface area contributed by atoms with Gasteiger partial charge in [0.25, 0.3) is 0 Å². The van der Waals surface area contributed by atoms with E-state index in [2.05, 4.69) is 41.1 Å². The van der Waals surface area contributed by atoms with Crippen LogP contribution in [0.15, 0.2) is 12.4 Å². The monoisotopic (exact) mass is 310 g/mol. The Hall–Kier alpha value is -0.910. The van der Waals surface area contributed by atoms with Crippen molar-refractivity contribution in [3.05, 3.63) is 17.4 Å². The summed E-state index contributed by atoms with van der Waals surface area (Å²) in [4.78, 5) is 10.7. The highest BCUT2D eigenvalue weighted by atomic mass is 35.5. The highest BCUT2D eigenvalue weighted by Crippen LogP contribution is 2.52. The van der Waals surface area contributed by atoms with Gasteiger partial charge in [0.05, 0.1) is 29.6 Å². The van der Waals surface area contributed by atoms with E-state index < -0.39 is 0 Å². The molecular formula is C15H23ClN4O. The van der Waals surface area contributed by atoms with Gasteiger partial charge in [0.1, 0.15) is 0 Å². The molecular weight excluding hydrogens is 288 g/mol. The van der Waals surface area contributed by atoms with Crippen LogP contribution in [0.4, 0.5) is 5.95 Å². The Morgan fingerprint density at radius 3 is 2.62 bits per heavy atom. The number of hydrogen-bond donors (Lipinski definition) is 2. The van der Waals surface area contributed by atoms with Crippen molar-refractivity contribution in [1.29, 1.82) is 0 Å². The molecule has 2 unspecified atom stereocenters. The maximum absolute atomic E-state index is 10.4. The molecule has 1 spiro atoms. The molecule has 1 saturated heterocycles. The van der Waals surface area contributed by atoms with Gasteiger partial charge >= 0.3 is 0 Å². The first-order valence-corrected chi connectivity index (χ1v) is 7.91. The lowest BCUT2D eigenvalue weighted by atomic mass is 9.66. The third-order valence-electron chi connectivity index (χ3n) is 4.94. The zero-order chi connectivity index (χ0) is 15.2. The van der Waals surface area contributed by atoms with Gasteiger partial charge in [-0.15, -0.1) is 0 Å². The van der Waals surface area contributed by atoms with E-state index in [9.17, 15) is 5.11 Å². The average Bonchev–Trinajstić information content (AvgIpc) is 2.69. The molecule has 1 saturated carbocycles. The minimum Gasteiger partial charge on any atom is -0.391 e. The van der Waals surface area contributed by atoms with Crippen molar-refractivity contribution in [1.82, 2.24) is 14.9 Å². The Bertz CT molecular complexity index is 504. The summed E-state index contributed by atoms with van der Waals surface area (Å²) in [5.74, 6) is 1.13. The molecule has 2 aliphatic rings. The minimum absolute atomic E-state index is 0.0149. The van der Waals surface area contributed by atoms with Gasteiger partial charge < -0.3 is 15.3 Å². The van der Waals surface area contributed by atoms with E-state index in [1.54, 1.807) is 12.4 Å². The first kappa shape index (κ1) is 15.0. The Kier molecular flexibility index (Phi) is 3.84. The van der Waals surface area contributed by atoms with Crippen molar-refractivity contribution >= 4 is 17.5 Å². The number of likely N-dealkylation sites (tertiary alicyclic amines) is 1. The maximum atomic E-state index is 10.4. The maximum Gasteiger partial charge on any atom is 0.222 e. The molecule has 4 atom stereocenters. The number of nitrogens with one attached hydrogen (secondary N) is 1. The molecule has 0 radical (unpaired) electrons. The second-order valence-corrected chi connectivity index (χ2v) is 7.35. The Morgan fingerprint density at radius 1 is 1.38 bits per heavy atom. The molecule has 1 aliphatic carbocycles. The summed E-state index contributed by atoms with van der Waals surface area (Å²) in [7, 11) is 2.17. The van der Waals surface area contributed by atoms with Crippen LogP contribution in [0.3, 0.4) is 0 Å². The lowest BCUT2D eigenvalue weighted by Crippen LogP contribution is -2.64. The minimum atomic E-state index is -0.348. The first-order chi connectivity index (χ1) is 9.91. The Morgan fingerprint density at radius 2 is 2.05 bits per heavy atom. The number of halogens is 1. The van der Waals surface area contributed by atoms with E-state index in [-0.39, 0.29) is 17.6 Å². The Balaban J connectivity index is 1.70. The molecule has 2 N–H and O–H groups in total. The molecule has 1 aromatic heterocycles. The van der Waals surface area contributed by atoms with Crippen LogP contribution < -0.4 is 5.32 Å². The number of aliphatic hydroxyl groups is 1. The summed E-state index contributed by atoms with van der Waals surface area (Å²) in [6.07, 6.45) is 4.61. The number of hydrogen-bond acceptors (Lipinski definition) is 5. The van der Waals surface area contributed by atoms with E-state index in [0.717, 1.165) is 19.4 Å². The van der Waals surface area contributed by atoms with Crippen molar-refractivity contribution in [3.63, 3.8) is 0 Å². The van der Waals surface area contributed by atoms with Crippen LogP contribution in [0.5, 0.6) is 0 Å². The van der Waals surface area contributed by atoms with Crippen molar-refractivity contribution in [2.45, 2.75) is 44.9 Å². The van der Waals surface area contributed by atoms with Crippen LogP contribution in [0.25, 0.3) is 0 Å². The molecule has 1 aromatic rings. The summed E-state index contributed by atoms with van der Waals surface area (Å²) in [5.41, 5.74) is 0.229. The summed E-state index contributed by atoms with van der Waals surface area (Å²) >= 11 is 5.80. The van der Waals surface area contributed by atoms with E-state index >= 15 is 0 Å². The third kappa shape index (κ3) is 2.62. The predicted molar refractivity (Wildman–Crippen MR) is 83.4 cm³/mol. The zero-order valence-electron chi connectivity index (χ0n) is 12.8. The van der Waals surface area contributed by atoms with Gasteiger partial charge in [0.15, 0.2) is 0 Å². The van der Waals surface area contributed by atoms with Crippen LogP contribution in [0.1, 0.15) is 26.7 Å². The molecule has 6 heteroatoms. The van der Waals surface area contributed by atoms with Crippen LogP contribution in [0, 0.1) is 11.3 Å². The number of anilines is 1. The van der Waals surface area contributed by atoms with E-state index in [1.807, 2.05) is 0 Å². The molecule has 3 rings (SSSR count). The van der Waals surface area contributed by atoms with Gasteiger partial charge in [0, 0.05) is 18.0 Å². The fourth-order valence-corrected chi connectivity index (χ4v) is 4.64. The number of aromatic nitrogens is 2. The second-order valence-electron chi connectivity index (χ2n) is 6.92. The molecule has 116 valence electrons. The molecule has 2 fully saturated rings. The number of aliphatic hydroxyl groups excluding tert-OH is 1. The van der Waals surface area contributed by atoms with Gasteiger partial charge in [-0.2, -0.15) is 0 Å². The molecule has 0 aromatic carbocycles. The topological polar surface area (TPSA) is 61.3 Å². The van der Waals surface area contributed by atoms with Gasteiger partial charge in [-0.1, -0.05) is 25.4 Å².